The van der Waals surface area contributed by atoms with Gasteiger partial charge in [0.25, 0.3) is 10.0 Å². The molecule has 0 unspecified atom stereocenters. The van der Waals surface area contributed by atoms with Crippen LogP contribution in [0.4, 0.5) is 18.9 Å². The molecule has 188 valence electrons. The van der Waals surface area contributed by atoms with Crippen LogP contribution in [0.1, 0.15) is 27.0 Å². The molecule has 2 N–H and O–H groups in total. The number of ketones is 1. The van der Waals surface area contributed by atoms with Gasteiger partial charge in [-0.1, -0.05) is 12.1 Å². The van der Waals surface area contributed by atoms with Crippen LogP contribution in [0.2, 0.25) is 0 Å². The lowest BCUT2D eigenvalue weighted by molar-refractivity contribution is -0.137. The number of carbonyl (C=O) groups is 2. The molecule has 0 atom stereocenters. The number of nitrogens with zero attached hydrogens (tertiary/aromatic N) is 2. The van der Waals surface area contributed by atoms with Crippen LogP contribution >= 0.6 is 0 Å². The molecule has 1 heterocycles. The molecule has 0 aliphatic carbocycles. The number of aliphatic hydroxyl groups is 1. The van der Waals surface area contributed by atoms with Crippen LogP contribution in [0.5, 0.6) is 0 Å². The molecule has 1 aliphatic heterocycles. The van der Waals surface area contributed by atoms with Gasteiger partial charge < -0.3 is 10.4 Å². The molecule has 1 aliphatic rings. The van der Waals surface area contributed by atoms with Gasteiger partial charge in [0, 0.05) is 16.8 Å². The molecular formula is C25H16F3N3O5S. The minimum absolute atomic E-state index is 0.0186. The summed E-state index contributed by atoms with van der Waals surface area (Å²) in [6, 6.07) is 16.0. The summed E-state index contributed by atoms with van der Waals surface area (Å²) in [6.07, 6.45) is -4.58. The predicted octanol–water partition coefficient (Wildman–Crippen LogP) is 4.33. The fourth-order valence-electron chi connectivity index (χ4n) is 3.66. The molecule has 12 heteroatoms. The number of nitrogens with one attached hydrogen (secondary N) is 1. The van der Waals surface area contributed by atoms with E-state index in [1.54, 1.807) is 0 Å². The van der Waals surface area contributed by atoms with Crippen LogP contribution in [0.15, 0.2) is 83.4 Å². The second kappa shape index (κ2) is 9.44. The van der Waals surface area contributed by atoms with Crippen molar-refractivity contribution in [1.29, 1.82) is 5.26 Å². The highest BCUT2D eigenvalue weighted by Crippen LogP contribution is 2.35. The Bertz CT molecular complexity index is 1570. The van der Waals surface area contributed by atoms with E-state index in [1.807, 2.05) is 6.07 Å². The Kier molecular flexibility index (Phi) is 6.49. The van der Waals surface area contributed by atoms with Gasteiger partial charge in [0.05, 0.1) is 22.1 Å². The zero-order valence-electron chi connectivity index (χ0n) is 18.7. The van der Waals surface area contributed by atoms with Crippen LogP contribution < -0.4 is 5.32 Å². The lowest BCUT2D eigenvalue weighted by atomic mass is 10.0. The smallest absolute Gasteiger partial charge is 0.416 e. The van der Waals surface area contributed by atoms with Gasteiger partial charge >= 0.3 is 6.18 Å². The first-order valence-corrected chi connectivity index (χ1v) is 11.9. The molecule has 4 rings (SSSR count). The second-order valence-corrected chi connectivity index (χ2v) is 9.68. The molecule has 1 amide bonds. The Labute approximate surface area is 208 Å². The van der Waals surface area contributed by atoms with Gasteiger partial charge in [0.2, 0.25) is 11.7 Å². The van der Waals surface area contributed by atoms with Crippen LogP contribution in [-0.4, -0.2) is 36.1 Å². The van der Waals surface area contributed by atoms with E-state index in [0.717, 1.165) is 24.3 Å². The number of halogens is 3. The van der Waals surface area contributed by atoms with Gasteiger partial charge in [0.15, 0.2) is 5.76 Å². The van der Waals surface area contributed by atoms with E-state index >= 15 is 0 Å². The van der Waals surface area contributed by atoms with Crippen molar-refractivity contribution in [3.63, 3.8) is 0 Å². The Morgan fingerprint density at radius 1 is 1.00 bits per heavy atom. The number of anilines is 1. The summed E-state index contributed by atoms with van der Waals surface area (Å²) in [4.78, 5) is 25.7. The first-order chi connectivity index (χ1) is 17.4. The average Bonchev–Trinajstić information content (AvgIpc) is 2.87. The van der Waals surface area contributed by atoms with Crippen molar-refractivity contribution < 1.29 is 36.3 Å². The highest BCUT2D eigenvalue weighted by molar-refractivity contribution is 7.89. The first-order valence-electron chi connectivity index (χ1n) is 10.5. The topological polar surface area (TPSA) is 128 Å². The third kappa shape index (κ3) is 4.89. The standard InChI is InChI=1S/C25H16F3N3O5S/c26-25(27,28)17-9-11-18(12-10-17)30-21(32)14-31-22(23(33)16-7-5-15(13-29)6-8-16)24(34)19-3-1-2-4-20(19)37(31,35)36/h1-12,33H,14H2,(H,30,32)/b23-22+. The van der Waals surface area contributed by atoms with Crippen molar-refractivity contribution in [1.82, 2.24) is 4.31 Å². The number of amides is 1. The van der Waals surface area contributed by atoms with E-state index in [9.17, 15) is 36.3 Å². The van der Waals surface area contributed by atoms with Crippen LogP contribution in [-0.2, 0) is 21.0 Å². The molecule has 3 aromatic carbocycles. The van der Waals surface area contributed by atoms with Crippen LogP contribution in [0.3, 0.4) is 0 Å². The second-order valence-electron chi connectivity index (χ2n) is 7.85. The highest BCUT2D eigenvalue weighted by atomic mass is 32.2. The third-order valence-electron chi connectivity index (χ3n) is 5.46. The number of benzene rings is 3. The fourth-order valence-corrected chi connectivity index (χ4v) is 5.28. The monoisotopic (exact) mass is 527 g/mol. The van der Waals surface area contributed by atoms with Crippen molar-refractivity contribution in [2.24, 2.45) is 0 Å². The Hall–Kier alpha value is -4.63. The van der Waals surface area contributed by atoms with Gasteiger partial charge in [-0.3, -0.25) is 9.59 Å². The number of allylic oxidation sites excluding steroid dienone is 1. The number of Topliss-reactive ketones (excluding diaryl/α,β-unsaturated/α-hetero) is 1. The first kappa shape index (κ1) is 25.5. The number of rotatable bonds is 4. The highest BCUT2D eigenvalue weighted by Gasteiger charge is 2.42. The number of nitriles is 1. The van der Waals surface area contributed by atoms with Crippen LogP contribution in [0, 0.1) is 11.3 Å². The molecule has 0 aromatic heterocycles. The molecule has 8 nitrogen and oxygen atoms in total. The largest absolute Gasteiger partial charge is 0.505 e. The molecule has 0 saturated carbocycles. The minimum atomic E-state index is -4.58. The van der Waals surface area contributed by atoms with Crippen LogP contribution in [0.25, 0.3) is 5.76 Å². The maximum Gasteiger partial charge on any atom is 0.416 e. The molecule has 0 spiro atoms. The minimum Gasteiger partial charge on any atom is -0.505 e. The summed E-state index contributed by atoms with van der Waals surface area (Å²) >= 11 is 0. The lowest BCUT2D eigenvalue weighted by Crippen LogP contribution is -2.43. The van der Waals surface area contributed by atoms with Gasteiger partial charge in [-0.2, -0.15) is 18.4 Å². The summed E-state index contributed by atoms with van der Waals surface area (Å²) < 4.78 is 65.7. The number of hydrogen-bond donors (Lipinski definition) is 2. The van der Waals surface area contributed by atoms with E-state index in [4.69, 9.17) is 5.26 Å². The van der Waals surface area contributed by atoms with Gasteiger partial charge in [-0.05, 0) is 60.7 Å². The van der Waals surface area contributed by atoms with E-state index in [1.165, 1.54) is 48.5 Å². The number of aliphatic hydroxyl groups excluding tert-OH is 1. The Morgan fingerprint density at radius 3 is 2.22 bits per heavy atom. The normalized spacial score (nSPS) is 15.9. The number of fused-ring (bicyclic) bond motifs is 1. The Balaban J connectivity index is 1.74. The molecule has 0 bridgehead atoms. The van der Waals surface area contributed by atoms with Crippen molar-refractivity contribution in [2.45, 2.75) is 11.1 Å². The maximum absolute atomic E-state index is 13.4. The van der Waals surface area contributed by atoms with E-state index in [0.29, 0.717) is 4.31 Å². The molecule has 37 heavy (non-hydrogen) atoms. The number of alkyl halides is 3. The zero-order chi connectivity index (χ0) is 27.0. The van der Waals surface area contributed by atoms with Gasteiger partial charge in [-0.25, -0.2) is 12.7 Å². The lowest BCUT2D eigenvalue weighted by Gasteiger charge is -2.31. The molecule has 3 aromatic rings. The average molecular weight is 527 g/mol. The quantitative estimate of drug-likeness (QED) is 0.384. The number of sulfonamides is 1. The Morgan fingerprint density at radius 2 is 1.62 bits per heavy atom. The van der Waals surface area contributed by atoms with Crippen molar-refractivity contribution in [2.75, 3.05) is 11.9 Å². The molecule has 0 saturated heterocycles. The summed E-state index contributed by atoms with van der Waals surface area (Å²) in [5.41, 5.74) is -1.61. The van der Waals surface area contributed by atoms with Gasteiger partial charge in [-0.15, -0.1) is 0 Å². The SMILES string of the molecule is N#Cc1ccc(/C(O)=C2/C(=O)c3ccccc3S(=O)(=O)N2CC(=O)Nc2ccc(C(F)(F)F)cc2)cc1. The number of hydrogen-bond acceptors (Lipinski definition) is 6. The predicted molar refractivity (Wildman–Crippen MR) is 125 cm³/mol. The summed E-state index contributed by atoms with van der Waals surface area (Å²) in [5.74, 6) is -2.58. The number of carbonyl (C=O) groups excluding carboxylic acids is 2. The van der Waals surface area contributed by atoms with E-state index in [-0.39, 0.29) is 27.3 Å². The zero-order valence-corrected chi connectivity index (χ0v) is 19.5. The third-order valence-corrected chi connectivity index (χ3v) is 7.26. The van der Waals surface area contributed by atoms with Crippen molar-refractivity contribution in [3.05, 3.63) is 101 Å². The van der Waals surface area contributed by atoms with E-state index < -0.39 is 51.5 Å². The molecule has 0 radical (unpaired) electrons. The maximum atomic E-state index is 13.4. The summed E-state index contributed by atoms with van der Waals surface area (Å²) in [5, 5.41) is 22.2. The summed E-state index contributed by atoms with van der Waals surface area (Å²) in [7, 11) is -4.51. The fraction of sp³-hybridized carbons (Fsp3) is 0.0800. The summed E-state index contributed by atoms with van der Waals surface area (Å²) in [6.45, 7) is -0.959. The van der Waals surface area contributed by atoms with Gasteiger partial charge in [0.1, 0.15) is 12.2 Å². The molecular weight excluding hydrogens is 511 g/mol. The molecule has 0 fully saturated rings. The van der Waals surface area contributed by atoms with Crippen molar-refractivity contribution in [3.8, 4) is 6.07 Å². The van der Waals surface area contributed by atoms with Crippen molar-refractivity contribution >= 4 is 33.2 Å². The van der Waals surface area contributed by atoms with E-state index in [2.05, 4.69) is 5.32 Å².